The zero-order chi connectivity index (χ0) is 17.6. The van der Waals surface area contributed by atoms with Gasteiger partial charge in [-0.1, -0.05) is 24.3 Å². The number of carbonyl (C=O) groups is 1. The quantitative estimate of drug-likeness (QED) is 0.438. The second kappa shape index (κ2) is 8.04. The molecule has 1 aliphatic rings. The Kier molecular flexibility index (Phi) is 6.06. The maximum absolute atomic E-state index is 11.5. The van der Waals surface area contributed by atoms with Gasteiger partial charge in [-0.15, -0.1) is 0 Å². The molecule has 0 fully saturated rings. The average molecular weight is 332 g/mol. The van der Waals surface area contributed by atoms with Gasteiger partial charge in [0.25, 0.3) is 0 Å². The first-order chi connectivity index (χ1) is 11.4. The molecule has 0 aromatic heterocycles. The monoisotopic (exact) mass is 332 g/mol. The van der Waals surface area contributed by atoms with Gasteiger partial charge in [-0.25, -0.2) is 4.79 Å². The number of alkyl carbamates (subject to hydrolysis) is 1. The van der Waals surface area contributed by atoms with E-state index in [1.54, 1.807) is 7.05 Å². The summed E-state index contributed by atoms with van der Waals surface area (Å²) in [7, 11) is 1.74. The number of aliphatic imine (C=N–C) groups is 1. The lowest BCUT2D eigenvalue weighted by Crippen LogP contribution is -2.44. The van der Waals surface area contributed by atoms with E-state index in [2.05, 4.69) is 45.2 Å². The van der Waals surface area contributed by atoms with Gasteiger partial charge in [0.2, 0.25) is 0 Å². The van der Waals surface area contributed by atoms with E-state index in [0.29, 0.717) is 19.0 Å². The third-order valence-electron chi connectivity index (χ3n) is 3.79. The highest BCUT2D eigenvalue weighted by Crippen LogP contribution is 2.33. The van der Waals surface area contributed by atoms with Gasteiger partial charge < -0.3 is 20.7 Å². The molecule has 0 heterocycles. The molecule has 3 N–H and O–H groups in total. The summed E-state index contributed by atoms with van der Waals surface area (Å²) >= 11 is 0. The van der Waals surface area contributed by atoms with E-state index < -0.39 is 11.7 Å². The molecule has 1 amide bonds. The van der Waals surface area contributed by atoms with E-state index >= 15 is 0 Å². The van der Waals surface area contributed by atoms with Crippen LogP contribution in [0.5, 0.6) is 0 Å². The van der Waals surface area contributed by atoms with Gasteiger partial charge in [0, 0.05) is 32.6 Å². The van der Waals surface area contributed by atoms with Crippen molar-refractivity contribution in [3.63, 3.8) is 0 Å². The minimum Gasteiger partial charge on any atom is -0.444 e. The van der Waals surface area contributed by atoms with Crippen molar-refractivity contribution in [2.24, 2.45) is 4.99 Å². The molecule has 0 spiro atoms. The third-order valence-corrected chi connectivity index (χ3v) is 3.79. The number of guanidine groups is 1. The Balaban J connectivity index is 1.63. The second-order valence-electron chi connectivity index (χ2n) is 6.91. The molecule has 6 nitrogen and oxygen atoms in total. The molecule has 2 rings (SSSR count). The van der Waals surface area contributed by atoms with Crippen LogP contribution < -0.4 is 16.0 Å². The summed E-state index contributed by atoms with van der Waals surface area (Å²) in [5, 5.41) is 9.23. The first-order valence-electron chi connectivity index (χ1n) is 8.38. The summed E-state index contributed by atoms with van der Waals surface area (Å²) in [6.07, 6.45) is 0.707. The fraction of sp³-hybridized carbons (Fsp3) is 0.556. The molecular formula is C18H28N4O2. The van der Waals surface area contributed by atoms with Gasteiger partial charge in [0.15, 0.2) is 5.96 Å². The molecule has 0 saturated carbocycles. The molecule has 1 aromatic carbocycles. The van der Waals surface area contributed by atoms with Crippen LogP contribution in [0.1, 0.15) is 37.8 Å². The Bertz CT molecular complexity index is 593. The van der Waals surface area contributed by atoms with Crippen molar-refractivity contribution in [1.82, 2.24) is 16.0 Å². The Labute approximate surface area is 144 Å². The maximum Gasteiger partial charge on any atom is 0.407 e. The van der Waals surface area contributed by atoms with E-state index in [0.717, 1.165) is 18.9 Å². The Hall–Kier alpha value is -2.24. The molecule has 132 valence electrons. The Morgan fingerprint density at radius 1 is 1.21 bits per heavy atom. The SMILES string of the molecule is CN=C(NCCNC(=O)OC(C)(C)C)NCC1Cc2ccccc21. The van der Waals surface area contributed by atoms with Crippen LogP contribution in [-0.4, -0.2) is 44.3 Å². The maximum atomic E-state index is 11.5. The first-order valence-corrected chi connectivity index (χ1v) is 8.38. The normalized spacial score (nSPS) is 16.7. The van der Waals surface area contributed by atoms with Crippen molar-refractivity contribution in [1.29, 1.82) is 0 Å². The molecular weight excluding hydrogens is 304 g/mol. The number of rotatable bonds is 5. The van der Waals surface area contributed by atoms with Gasteiger partial charge in [-0.3, -0.25) is 4.99 Å². The summed E-state index contributed by atoms with van der Waals surface area (Å²) in [6, 6.07) is 8.54. The van der Waals surface area contributed by atoms with E-state index in [4.69, 9.17) is 4.74 Å². The van der Waals surface area contributed by atoms with Crippen molar-refractivity contribution in [2.45, 2.75) is 38.7 Å². The Morgan fingerprint density at radius 3 is 2.58 bits per heavy atom. The number of hydrogen-bond donors (Lipinski definition) is 3. The lowest BCUT2D eigenvalue weighted by atomic mass is 9.78. The summed E-state index contributed by atoms with van der Waals surface area (Å²) < 4.78 is 5.18. The van der Waals surface area contributed by atoms with Gasteiger partial charge in [-0.05, 0) is 38.3 Å². The molecule has 1 unspecified atom stereocenters. The molecule has 0 saturated heterocycles. The number of benzene rings is 1. The van der Waals surface area contributed by atoms with Crippen molar-refractivity contribution in [2.75, 3.05) is 26.7 Å². The lowest BCUT2D eigenvalue weighted by Gasteiger charge is -2.30. The zero-order valence-corrected chi connectivity index (χ0v) is 15.0. The number of amides is 1. The van der Waals surface area contributed by atoms with Crippen LogP contribution in [0.2, 0.25) is 0 Å². The Morgan fingerprint density at radius 2 is 1.92 bits per heavy atom. The first kappa shape index (κ1) is 18.1. The second-order valence-corrected chi connectivity index (χ2v) is 6.91. The predicted molar refractivity (Wildman–Crippen MR) is 96.5 cm³/mol. The van der Waals surface area contributed by atoms with Gasteiger partial charge in [0.1, 0.15) is 5.60 Å². The fourth-order valence-electron chi connectivity index (χ4n) is 2.64. The summed E-state index contributed by atoms with van der Waals surface area (Å²) in [6.45, 7) is 7.44. The number of ether oxygens (including phenoxy) is 1. The van der Waals surface area contributed by atoms with E-state index in [1.165, 1.54) is 11.1 Å². The predicted octanol–water partition coefficient (Wildman–Crippen LogP) is 2.02. The van der Waals surface area contributed by atoms with Crippen molar-refractivity contribution < 1.29 is 9.53 Å². The van der Waals surface area contributed by atoms with Crippen molar-refractivity contribution >= 4 is 12.1 Å². The topological polar surface area (TPSA) is 74.8 Å². The highest BCUT2D eigenvalue weighted by Gasteiger charge is 2.25. The standard InChI is InChI=1S/C18H28N4O2/c1-18(2,3)24-17(23)21-10-9-20-16(19-4)22-12-14-11-13-7-5-6-8-15(13)14/h5-8,14H,9-12H2,1-4H3,(H,21,23)(H2,19,20,22). The number of carbonyl (C=O) groups excluding carboxylic acids is 1. The molecule has 0 bridgehead atoms. The van der Waals surface area contributed by atoms with Crippen molar-refractivity contribution in [3.8, 4) is 0 Å². The van der Waals surface area contributed by atoms with Crippen LogP contribution in [0.25, 0.3) is 0 Å². The highest BCUT2D eigenvalue weighted by atomic mass is 16.6. The van der Waals surface area contributed by atoms with Gasteiger partial charge in [0.05, 0.1) is 0 Å². The summed E-state index contributed by atoms with van der Waals surface area (Å²) in [4.78, 5) is 15.7. The van der Waals surface area contributed by atoms with Gasteiger partial charge in [-0.2, -0.15) is 0 Å². The number of hydrogen-bond acceptors (Lipinski definition) is 3. The summed E-state index contributed by atoms with van der Waals surface area (Å²) in [5.41, 5.74) is 2.38. The number of nitrogens with zero attached hydrogens (tertiary/aromatic N) is 1. The number of fused-ring (bicyclic) bond motifs is 1. The smallest absolute Gasteiger partial charge is 0.407 e. The largest absolute Gasteiger partial charge is 0.444 e. The van der Waals surface area contributed by atoms with Crippen molar-refractivity contribution in [3.05, 3.63) is 35.4 Å². The fourth-order valence-corrected chi connectivity index (χ4v) is 2.64. The van der Waals surface area contributed by atoms with E-state index in [9.17, 15) is 4.79 Å². The molecule has 1 aliphatic carbocycles. The van der Waals surface area contributed by atoms with Crippen LogP contribution in [0.15, 0.2) is 29.3 Å². The van der Waals surface area contributed by atoms with Crippen LogP contribution >= 0.6 is 0 Å². The lowest BCUT2D eigenvalue weighted by molar-refractivity contribution is 0.0529. The molecule has 0 radical (unpaired) electrons. The highest BCUT2D eigenvalue weighted by molar-refractivity contribution is 5.79. The molecule has 24 heavy (non-hydrogen) atoms. The zero-order valence-electron chi connectivity index (χ0n) is 15.0. The third kappa shape index (κ3) is 5.44. The number of nitrogens with one attached hydrogen (secondary N) is 3. The molecule has 0 aliphatic heterocycles. The van der Waals surface area contributed by atoms with Gasteiger partial charge >= 0.3 is 6.09 Å². The minimum atomic E-state index is -0.478. The average Bonchev–Trinajstić information content (AvgIpc) is 2.48. The van der Waals surface area contributed by atoms with Crippen LogP contribution in [0.4, 0.5) is 4.79 Å². The summed E-state index contributed by atoms with van der Waals surface area (Å²) in [5.74, 6) is 1.28. The van der Waals surface area contributed by atoms with Crippen LogP contribution in [-0.2, 0) is 11.2 Å². The van der Waals surface area contributed by atoms with Crippen LogP contribution in [0.3, 0.4) is 0 Å². The van der Waals surface area contributed by atoms with E-state index in [1.807, 2.05) is 20.8 Å². The molecule has 6 heteroatoms. The minimum absolute atomic E-state index is 0.404. The van der Waals surface area contributed by atoms with E-state index in [-0.39, 0.29) is 0 Å². The molecule has 1 atom stereocenters. The molecule has 1 aromatic rings. The van der Waals surface area contributed by atoms with Crippen LogP contribution in [0, 0.1) is 0 Å².